The third-order valence-electron chi connectivity index (χ3n) is 4.19. The lowest BCUT2D eigenvalue weighted by Gasteiger charge is -2.34. The molecule has 0 bridgehead atoms. The van der Waals surface area contributed by atoms with Crippen LogP contribution in [0.4, 0.5) is 0 Å². The largest absolute Gasteiger partial charge is 0.496 e. The van der Waals surface area contributed by atoms with Crippen molar-refractivity contribution < 1.29 is 9.53 Å². The topological polar surface area (TPSA) is 32.8 Å². The molecular formula is C19H22N2O2S. The Morgan fingerprint density at radius 2 is 1.96 bits per heavy atom. The standard InChI is InChI=1S/C19H22N2O2S/c1-23-18-7-3-2-5-16(18)8-9-19(22)21-12-10-20(11-13-21)15-17-6-4-14-24-17/h2-9,14H,10-13,15H2,1H3/b9-8+. The molecule has 24 heavy (non-hydrogen) atoms. The minimum atomic E-state index is 0.0664. The van der Waals surface area contributed by atoms with Crippen LogP contribution in [-0.4, -0.2) is 49.0 Å². The maximum absolute atomic E-state index is 12.4. The van der Waals surface area contributed by atoms with Crippen LogP contribution < -0.4 is 4.74 Å². The van der Waals surface area contributed by atoms with Crippen molar-refractivity contribution in [1.82, 2.24) is 9.80 Å². The molecule has 4 nitrogen and oxygen atoms in total. The zero-order valence-electron chi connectivity index (χ0n) is 13.9. The number of carbonyl (C=O) groups is 1. The van der Waals surface area contributed by atoms with Gasteiger partial charge >= 0.3 is 0 Å². The van der Waals surface area contributed by atoms with E-state index in [2.05, 4.69) is 22.4 Å². The molecule has 5 heteroatoms. The minimum absolute atomic E-state index is 0.0664. The zero-order chi connectivity index (χ0) is 16.8. The zero-order valence-corrected chi connectivity index (χ0v) is 14.7. The number of amides is 1. The summed E-state index contributed by atoms with van der Waals surface area (Å²) >= 11 is 1.79. The minimum Gasteiger partial charge on any atom is -0.496 e. The first-order valence-electron chi connectivity index (χ1n) is 8.11. The van der Waals surface area contributed by atoms with Crippen molar-refractivity contribution in [1.29, 1.82) is 0 Å². The van der Waals surface area contributed by atoms with Crippen LogP contribution in [-0.2, 0) is 11.3 Å². The van der Waals surface area contributed by atoms with E-state index in [1.165, 1.54) is 4.88 Å². The molecule has 1 amide bonds. The predicted octanol–water partition coefficient (Wildman–Crippen LogP) is 3.11. The molecule has 1 aromatic carbocycles. The van der Waals surface area contributed by atoms with E-state index in [0.29, 0.717) is 0 Å². The first kappa shape index (κ1) is 16.7. The van der Waals surface area contributed by atoms with Gasteiger partial charge in [0.15, 0.2) is 0 Å². The molecular weight excluding hydrogens is 320 g/mol. The third-order valence-corrected chi connectivity index (χ3v) is 5.05. The molecule has 2 aromatic rings. The van der Waals surface area contributed by atoms with E-state index in [1.54, 1.807) is 24.5 Å². The van der Waals surface area contributed by atoms with Crippen LogP contribution in [0, 0.1) is 0 Å². The lowest BCUT2D eigenvalue weighted by Crippen LogP contribution is -2.47. The number of nitrogens with zero attached hydrogens (tertiary/aromatic N) is 2. The van der Waals surface area contributed by atoms with E-state index < -0.39 is 0 Å². The van der Waals surface area contributed by atoms with Crippen molar-refractivity contribution in [3.05, 3.63) is 58.3 Å². The van der Waals surface area contributed by atoms with Gasteiger partial charge in [-0.15, -0.1) is 11.3 Å². The lowest BCUT2D eigenvalue weighted by atomic mass is 10.2. The Hall–Kier alpha value is -2.11. The van der Waals surface area contributed by atoms with Gasteiger partial charge < -0.3 is 9.64 Å². The van der Waals surface area contributed by atoms with Gasteiger partial charge in [0, 0.05) is 49.2 Å². The van der Waals surface area contributed by atoms with E-state index in [1.807, 2.05) is 35.2 Å². The summed E-state index contributed by atoms with van der Waals surface area (Å²) in [4.78, 5) is 18.1. The van der Waals surface area contributed by atoms with Gasteiger partial charge in [-0.05, 0) is 23.6 Å². The molecule has 0 atom stereocenters. The number of hydrogen-bond donors (Lipinski definition) is 0. The number of para-hydroxylation sites is 1. The highest BCUT2D eigenvalue weighted by molar-refractivity contribution is 7.09. The smallest absolute Gasteiger partial charge is 0.246 e. The molecule has 1 fully saturated rings. The highest BCUT2D eigenvalue weighted by atomic mass is 32.1. The van der Waals surface area contributed by atoms with Crippen molar-refractivity contribution >= 4 is 23.3 Å². The van der Waals surface area contributed by atoms with Crippen LogP contribution in [0.3, 0.4) is 0 Å². The van der Waals surface area contributed by atoms with Crippen molar-refractivity contribution in [2.24, 2.45) is 0 Å². The third kappa shape index (κ3) is 4.24. The van der Waals surface area contributed by atoms with Crippen molar-refractivity contribution in [2.45, 2.75) is 6.54 Å². The highest BCUT2D eigenvalue weighted by Gasteiger charge is 2.19. The number of methoxy groups -OCH3 is 1. The summed E-state index contributed by atoms with van der Waals surface area (Å²) in [6.45, 7) is 4.38. The van der Waals surface area contributed by atoms with Crippen LogP contribution in [0.1, 0.15) is 10.4 Å². The monoisotopic (exact) mass is 342 g/mol. The van der Waals surface area contributed by atoms with E-state index in [-0.39, 0.29) is 5.91 Å². The van der Waals surface area contributed by atoms with E-state index in [4.69, 9.17) is 4.74 Å². The summed E-state index contributed by atoms with van der Waals surface area (Å²) in [5.74, 6) is 0.846. The van der Waals surface area contributed by atoms with Gasteiger partial charge in [-0.25, -0.2) is 0 Å². The van der Waals surface area contributed by atoms with Crippen LogP contribution in [0.5, 0.6) is 5.75 Å². The van der Waals surface area contributed by atoms with Gasteiger partial charge in [-0.3, -0.25) is 9.69 Å². The number of hydrogen-bond acceptors (Lipinski definition) is 4. The summed E-state index contributed by atoms with van der Waals surface area (Å²) < 4.78 is 5.31. The Kier molecular flexibility index (Phi) is 5.67. The maximum Gasteiger partial charge on any atom is 0.246 e. The molecule has 0 spiro atoms. The second-order valence-corrected chi connectivity index (χ2v) is 6.79. The summed E-state index contributed by atoms with van der Waals surface area (Å²) in [5.41, 5.74) is 0.921. The number of thiophene rings is 1. The molecule has 1 aliphatic heterocycles. The Bertz CT molecular complexity index is 689. The number of piperazine rings is 1. The quantitative estimate of drug-likeness (QED) is 0.783. The van der Waals surface area contributed by atoms with Crippen LogP contribution in [0.2, 0.25) is 0 Å². The Balaban J connectivity index is 1.52. The Morgan fingerprint density at radius 3 is 2.67 bits per heavy atom. The summed E-state index contributed by atoms with van der Waals surface area (Å²) in [7, 11) is 1.64. The fourth-order valence-corrected chi connectivity index (χ4v) is 3.57. The number of ether oxygens (including phenoxy) is 1. The van der Waals surface area contributed by atoms with Crippen molar-refractivity contribution in [3.63, 3.8) is 0 Å². The Morgan fingerprint density at radius 1 is 1.17 bits per heavy atom. The lowest BCUT2D eigenvalue weighted by molar-refractivity contribution is -0.127. The van der Waals surface area contributed by atoms with E-state index >= 15 is 0 Å². The molecule has 1 aromatic heterocycles. The normalized spacial score (nSPS) is 15.8. The average molecular weight is 342 g/mol. The fourth-order valence-electron chi connectivity index (χ4n) is 2.82. The van der Waals surface area contributed by atoms with Crippen molar-refractivity contribution in [3.8, 4) is 5.75 Å². The summed E-state index contributed by atoms with van der Waals surface area (Å²) in [5, 5.41) is 2.11. The summed E-state index contributed by atoms with van der Waals surface area (Å²) in [6, 6.07) is 12.0. The fraction of sp³-hybridized carbons (Fsp3) is 0.316. The van der Waals surface area contributed by atoms with E-state index in [0.717, 1.165) is 44.0 Å². The molecule has 0 aliphatic carbocycles. The summed E-state index contributed by atoms with van der Waals surface area (Å²) in [6.07, 6.45) is 3.48. The molecule has 1 aliphatic rings. The van der Waals surface area contributed by atoms with Gasteiger partial charge in [-0.1, -0.05) is 24.3 Å². The van der Waals surface area contributed by atoms with Crippen LogP contribution >= 0.6 is 11.3 Å². The van der Waals surface area contributed by atoms with Crippen LogP contribution in [0.25, 0.3) is 6.08 Å². The Labute approximate surface area is 147 Å². The average Bonchev–Trinajstić information content (AvgIpc) is 3.13. The van der Waals surface area contributed by atoms with Gasteiger partial charge in [-0.2, -0.15) is 0 Å². The van der Waals surface area contributed by atoms with Gasteiger partial charge in [0.05, 0.1) is 7.11 Å². The van der Waals surface area contributed by atoms with Gasteiger partial charge in [0.25, 0.3) is 0 Å². The van der Waals surface area contributed by atoms with Crippen LogP contribution in [0.15, 0.2) is 47.9 Å². The molecule has 0 radical (unpaired) electrons. The molecule has 1 saturated heterocycles. The SMILES string of the molecule is COc1ccccc1/C=C/C(=O)N1CCN(Cc2cccs2)CC1. The van der Waals surface area contributed by atoms with Gasteiger partial charge in [0.1, 0.15) is 5.75 Å². The number of rotatable bonds is 5. The first-order valence-corrected chi connectivity index (χ1v) is 8.99. The molecule has 0 saturated carbocycles. The first-order chi connectivity index (χ1) is 11.8. The predicted molar refractivity (Wildman–Crippen MR) is 98.2 cm³/mol. The molecule has 0 N–H and O–H groups in total. The molecule has 0 unspecified atom stereocenters. The number of benzene rings is 1. The van der Waals surface area contributed by atoms with E-state index in [9.17, 15) is 4.79 Å². The molecule has 126 valence electrons. The van der Waals surface area contributed by atoms with Gasteiger partial charge in [0.2, 0.25) is 5.91 Å². The molecule has 2 heterocycles. The highest BCUT2D eigenvalue weighted by Crippen LogP contribution is 2.19. The second kappa shape index (κ2) is 8.13. The molecule has 3 rings (SSSR count). The number of carbonyl (C=O) groups excluding carboxylic acids is 1. The maximum atomic E-state index is 12.4. The van der Waals surface area contributed by atoms with Crippen molar-refractivity contribution in [2.75, 3.05) is 33.3 Å². The second-order valence-electron chi connectivity index (χ2n) is 5.76.